The van der Waals surface area contributed by atoms with E-state index in [0.29, 0.717) is 17.6 Å². The van der Waals surface area contributed by atoms with Gasteiger partial charge in [-0.1, -0.05) is 37.5 Å². The molecule has 7 nitrogen and oxygen atoms in total. The Labute approximate surface area is 157 Å². The second kappa shape index (κ2) is 7.73. The molecule has 1 amide bonds. The van der Waals surface area contributed by atoms with Crippen LogP contribution in [0.25, 0.3) is 16.7 Å². The van der Waals surface area contributed by atoms with Crippen molar-refractivity contribution >= 4 is 16.9 Å². The molecule has 1 saturated carbocycles. The van der Waals surface area contributed by atoms with E-state index in [4.69, 9.17) is 0 Å². The van der Waals surface area contributed by atoms with Crippen molar-refractivity contribution in [2.45, 2.75) is 51.1 Å². The fourth-order valence-electron chi connectivity index (χ4n) is 3.63. The van der Waals surface area contributed by atoms with E-state index in [0.717, 1.165) is 18.5 Å². The first-order valence-electron chi connectivity index (χ1n) is 9.50. The molecule has 3 aromatic rings. The quantitative estimate of drug-likeness (QED) is 0.753. The van der Waals surface area contributed by atoms with Crippen molar-refractivity contribution in [3.05, 3.63) is 53.2 Å². The first-order chi connectivity index (χ1) is 13.2. The van der Waals surface area contributed by atoms with Crippen LogP contribution in [-0.4, -0.2) is 31.3 Å². The number of hydrogen-bond donors (Lipinski definition) is 1. The number of amides is 1. The third-order valence-electron chi connectivity index (χ3n) is 5.11. The second-order valence-electron chi connectivity index (χ2n) is 7.02. The molecule has 1 aliphatic carbocycles. The molecule has 0 bridgehead atoms. The first-order valence-corrected chi connectivity index (χ1v) is 9.50. The van der Waals surface area contributed by atoms with Gasteiger partial charge in [-0.3, -0.25) is 14.2 Å². The number of rotatable bonds is 5. The highest BCUT2D eigenvalue weighted by molar-refractivity contribution is 5.76. The zero-order valence-electron chi connectivity index (χ0n) is 15.2. The van der Waals surface area contributed by atoms with Crippen molar-refractivity contribution in [1.82, 2.24) is 24.6 Å². The number of hydrogen-bond acceptors (Lipinski definition) is 4. The lowest BCUT2D eigenvalue weighted by molar-refractivity contribution is -0.122. The molecule has 140 valence electrons. The number of fused-ring (bicyclic) bond motifs is 1. The van der Waals surface area contributed by atoms with Crippen molar-refractivity contribution in [1.29, 1.82) is 0 Å². The molecule has 1 aliphatic rings. The van der Waals surface area contributed by atoms with Gasteiger partial charge in [0, 0.05) is 19.0 Å². The lowest BCUT2D eigenvalue weighted by Gasteiger charge is -2.22. The minimum absolute atomic E-state index is 0.00567. The van der Waals surface area contributed by atoms with E-state index in [-0.39, 0.29) is 23.9 Å². The molecule has 4 rings (SSSR count). The van der Waals surface area contributed by atoms with Crippen LogP contribution in [0.4, 0.5) is 0 Å². The molecule has 0 atom stereocenters. The van der Waals surface area contributed by atoms with Crippen LogP contribution in [0.15, 0.2) is 47.7 Å². The molecule has 27 heavy (non-hydrogen) atoms. The molecule has 1 aromatic carbocycles. The maximum absolute atomic E-state index is 12.7. The highest BCUT2D eigenvalue weighted by atomic mass is 16.2. The molecule has 0 unspecified atom stereocenters. The Kier molecular flexibility index (Phi) is 5.00. The van der Waals surface area contributed by atoms with Crippen LogP contribution in [0.5, 0.6) is 0 Å². The van der Waals surface area contributed by atoms with Crippen molar-refractivity contribution in [3.8, 4) is 5.69 Å². The van der Waals surface area contributed by atoms with Gasteiger partial charge in [-0.25, -0.2) is 9.67 Å². The highest BCUT2D eigenvalue weighted by Crippen LogP contribution is 2.17. The molecule has 1 fully saturated rings. The van der Waals surface area contributed by atoms with Crippen LogP contribution >= 0.6 is 0 Å². The third-order valence-corrected chi connectivity index (χ3v) is 5.11. The monoisotopic (exact) mass is 365 g/mol. The van der Waals surface area contributed by atoms with E-state index < -0.39 is 0 Å². The summed E-state index contributed by atoms with van der Waals surface area (Å²) in [6.45, 7) is 0.316. The maximum atomic E-state index is 12.7. The van der Waals surface area contributed by atoms with E-state index >= 15 is 0 Å². The van der Waals surface area contributed by atoms with E-state index in [1.807, 2.05) is 30.3 Å². The molecule has 2 aromatic heterocycles. The molecule has 2 heterocycles. The van der Waals surface area contributed by atoms with Crippen LogP contribution in [0, 0.1) is 0 Å². The van der Waals surface area contributed by atoms with Gasteiger partial charge in [-0.05, 0) is 25.0 Å². The zero-order valence-corrected chi connectivity index (χ0v) is 15.2. The molecule has 7 heteroatoms. The molecule has 0 saturated heterocycles. The lowest BCUT2D eigenvalue weighted by atomic mass is 9.95. The Morgan fingerprint density at radius 1 is 1.15 bits per heavy atom. The average molecular weight is 365 g/mol. The Hall–Kier alpha value is -2.96. The number of carbonyl (C=O) groups is 1. The Balaban J connectivity index is 1.48. The minimum Gasteiger partial charge on any atom is -0.353 e. The first kappa shape index (κ1) is 17.5. The van der Waals surface area contributed by atoms with E-state index in [1.165, 1.54) is 36.4 Å². The van der Waals surface area contributed by atoms with Gasteiger partial charge in [0.1, 0.15) is 5.39 Å². The van der Waals surface area contributed by atoms with Gasteiger partial charge in [0.25, 0.3) is 5.56 Å². The van der Waals surface area contributed by atoms with Gasteiger partial charge in [-0.2, -0.15) is 5.10 Å². The molecular formula is C20H23N5O2. The highest BCUT2D eigenvalue weighted by Gasteiger charge is 2.16. The van der Waals surface area contributed by atoms with Crippen molar-refractivity contribution in [3.63, 3.8) is 0 Å². The summed E-state index contributed by atoms with van der Waals surface area (Å²) in [5.74, 6) is -0.00567. The Morgan fingerprint density at radius 3 is 2.70 bits per heavy atom. The molecular weight excluding hydrogens is 342 g/mol. The van der Waals surface area contributed by atoms with E-state index in [1.54, 1.807) is 4.68 Å². The van der Waals surface area contributed by atoms with E-state index in [9.17, 15) is 9.59 Å². The van der Waals surface area contributed by atoms with Crippen LogP contribution in [-0.2, 0) is 11.3 Å². The zero-order chi connectivity index (χ0) is 18.6. The predicted octanol–water partition coefficient (Wildman–Crippen LogP) is 2.42. The summed E-state index contributed by atoms with van der Waals surface area (Å²) in [5.41, 5.74) is 1.20. The third kappa shape index (κ3) is 3.77. The molecule has 1 N–H and O–H groups in total. The summed E-state index contributed by atoms with van der Waals surface area (Å²) in [6, 6.07) is 9.86. The standard InChI is InChI=1S/C20H23N5O2/c26-18(23-15-7-3-1-4-8-15)11-12-24-14-21-19-17(20(24)27)13-22-25(19)16-9-5-2-6-10-16/h2,5-6,9-10,13-15H,1,3-4,7-8,11-12H2,(H,23,26). The SMILES string of the molecule is O=C(CCn1cnc2c(cnn2-c2ccccc2)c1=O)NC1CCCCC1. The lowest BCUT2D eigenvalue weighted by Crippen LogP contribution is -2.37. The summed E-state index contributed by atoms with van der Waals surface area (Å²) in [7, 11) is 0. The average Bonchev–Trinajstić information content (AvgIpc) is 3.14. The van der Waals surface area contributed by atoms with Gasteiger partial charge in [0.05, 0.1) is 18.2 Å². The van der Waals surface area contributed by atoms with Crippen molar-refractivity contribution in [2.24, 2.45) is 0 Å². The van der Waals surface area contributed by atoms with Gasteiger partial charge in [-0.15, -0.1) is 0 Å². The van der Waals surface area contributed by atoms with Crippen molar-refractivity contribution < 1.29 is 4.79 Å². The summed E-state index contributed by atoms with van der Waals surface area (Å²) < 4.78 is 3.14. The van der Waals surface area contributed by atoms with Crippen molar-refractivity contribution in [2.75, 3.05) is 0 Å². The number of para-hydroxylation sites is 1. The normalized spacial score (nSPS) is 15.1. The molecule has 0 radical (unpaired) electrons. The summed E-state index contributed by atoms with van der Waals surface area (Å²) in [4.78, 5) is 29.3. The van der Waals surface area contributed by atoms with Gasteiger partial charge in [0.15, 0.2) is 5.65 Å². The maximum Gasteiger partial charge on any atom is 0.264 e. The van der Waals surface area contributed by atoms with Gasteiger partial charge >= 0.3 is 0 Å². The van der Waals surface area contributed by atoms with Gasteiger partial charge < -0.3 is 5.32 Å². The Morgan fingerprint density at radius 2 is 1.93 bits per heavy atom. The fraction of sp³-hybridized carbons (Fsp3) is 0.400. The van der Waals surface area contributed by atoms with Crippen LogP contribution in [0.1, 0.15) is 38.5 Å². The number of aryl methyl sites for hydroxylation is 1. The molecule has 0 spiro atoms. The number of nitrogens with one attached hydrogen (secondary N) is 1. The summed E-state index contributed by atoms with van der Waals surface area (Å²) in [6.07, 6.45) is 9.03. The summed E-state index contributed by atoms with van der Waals surface area (Å²) in [5, 5.41) is 7.83. The number of aromatic nitrogens is 4. The topological polar surface area (TPSA) is 81.8 Å². The van der Waals surface area contributed by atoms with Crippen LogP contribution in [0.2, 0.25) is 0 Å². The van der Waals surface area contributed by atoms with E-state index in [2.05, 4.69) is 15.4 Å². The minimum atomic E-state index is -0.173. The smallest absolute Gasteiger partial charge is 0.264 e. The van der Waals surface area contributed by atoms with Crippen LogP contribution < -0.4 is 10.9 Å². The largest absolute Gasteiger partial charge is 0.353 e. The molecule has 0 aliphatic heterocycles. The fourth-order valence-corrected chi connectivity index (χ4v) is 3.63. The van der Waals surface area contributed by atoms with Crippen LogP contribution in [0.3, 0.4) is 0 Å². The Bertz CT molecular complexity index is 987. The van der Waals surface area contributed by atoms with Gasteiger partial charge in [0.2, 0.25) is 5.91 Å². The second-order valence-corrected chi connectivity index (χ2v) is 7.02. The predicted molar refractivity (Wildman–Crippen MR) is 103 cm³/mol. The number of benzene rings is 1. The summed E-state index contributed by atoms with van der Waals surface area (Å²) >= 11 is 0. The number of carbonyl (C=O) groups excluding carboxylic acids is 1. The number of nitrogens with zero attached hydrogens (tertiary/aromatic N) is 4.